The molecule has 102 valence electrons. The van der Waals surface area contributed by atoms with Gasteiger partial charge in [0.05, 0.1) is 12.4 Å². The van der Waals surface area contributed by atoms with Gasteiger partial charge in [0, 0.05) is 25.7 Å². The molecule has 5 heteroatoms. The fraction of sp³-hybridized carbons (Fsp3) is 0.692. The van der Waals surface area contributed by atoms with E-state index in [1.165, 1.54) is 0 Å². The van der Waals surface area contributed by atoms with Crippen molar-refractivity contribution in [3.63, 3.8) is 0 Å². The van der Waals surface area contributed by atoms with Crippen LogP contribution < -0.4 is 10.2 Å². The largest absolute Gasteiger partial charge is 0.369 e. The minimum Gasteiger partial charge on any atom is -0.369 e. The van der Waals surface area contributed by atoms with Crippen molar-refractivity contribution in [3.8, 4) is 0 Å². The summed E-state index contributed by atoms with van der Waals surface area (Å²) in [5.74, 6) is 1.77. The maximum atomic E-state index is 4.60. The van der Waals surface area contributed by atoms with Crippen LogP contribution in [0.2, 0.25) is 0 Å². The SMILES string of the molecule is CCNc1cncc(N(CC)C(C)CN(C)C)n1. The quantitative estimate of drug-likeness (QED) is 0.799. The topological polar surface area (TPSA) is 44.3 Å². The number of nitrogens with zero attached hydrogens (tertiary/aromatic N) is 4. The Kier molecular flexibility index (Phi) is 5.85. The van der Waals surface area contributed by atoms with Gasteiger partial charge in [-0.1, -0.05) is 0 Å². The van der Waals surface area contributed by atoms with Crippen molar-refractivity contribution in [2.45, 2.75) is 26.8 Å². The molecule has 1 atom stereocenters. The van der Waals surface area contributed by atoms with Gasteiger partial charge in [0.25, 0.3) is 0 Å². The average Bonchev–Trinajstić information content (AvgIpc) is 2.30. The Balaban J connectivity index is 2.83. The highest BCUT2D eigenvalue weighted by molar-refractivity contribution is 5.44. The number of hydrogen-bond donors (Lipinski definition) is 1. The van der Waals surface area contributed by atoms with E-state index in [9.17, 15) is 0 Å². The van der Waals surface area contributed by atoms with E-state index in [-0.39, 0.29) is 0 Å². The fourth-order valence-electron chi connectivity index (χ4n) is 2.09. The Morgan fingerprint density at radius 2 is 2.00 bits per heavy atom. The van der Waals surface area contributed by atoms with Crippen LogP contribution in [-0.4, -0.2) is 54.6 Å². The molecular formula is C13H25N5. The number of likely N-dealkylation sites (N-methyl/N-ethyl adjacent to an activating group) is 2. The second-order valence-corrected chi connectivity index (χ2v) is 4.69. The maximum absolute atomic E-state index is 4.60. The van der Waals surface area contributed by atoms with Gasteiger partial charge in [-0.25, -0.2) is 4.98 Å². The Morgan fingerprint density at radius 1 is 1.28 bits per heavy atom. The van der Waals surface area contributed by atoms with Crippen LogP contribution in [0.4, 0.5) is 11.6 Å². The Bertz CT molecular complexity index is 353. The normalized spacial score (nSPS) is 12.6. The molecule has 0 aliphatic rings. The molecule has 0 amide bonds. The first-order valence-electron chi connectivity index (χ1n) is 6.55. The van der Waals surface area contributed by atoms with Crippen LogP contribution >= 0.6 is 0 Å². The predicted molar refractivity (Wildman–Crippen MR) is 77.2 cm³/mol. The summed E-state index contributed by atoms with van der Waals surface area (Å²) in [6, 6.07) is 0.413. The highest BCUT2D eigenvalue weighted by Crippen LogP contribution is 2.15. The van der Waals surface area contributed by atoms with E-state index in [4.69, 9.17) is 0 Å². The molecule has 1 rings (SSSR count). The zero-order chi connectivity index (χ0) is 13.5. The zero-order valence-corrected chi connectivity index (χ0v) is 12.1. The molecule has 0 radical (unpaired) electrons. The molecule has 0 aliphatic heterocycles. The van der Waals surface area contributed by atoms with Crippen LogP contribution in [0.15, 0.2) is 12.4 Å². The van der Waals surface area contributed by atoms with Crippen LogP contribution in [0.25, 0.3) is 0 Å². The minimum atomic E-state index is 0.413. The fourth-order valence-corrected chi connectivity index (χ4v) is 2.09. The monoisotopic (exact) mass is 251 g/mol. The van der Waals surface area contributed by atoms with E-state index in [0.717, 1.165) is 31.3 Å². The van der Waals surface area contributed by atoms with Gasteiger partial charge in [-0.05, 0) is 34.9 Å². The Labute approximate surface area is 110 Å². The summed E-state index contributed by atoms with van der Waals surface area (Å²) in [7, 11) is 4.18. The molecule has 0 fully saturated rings. The molecule has 1 heterocycles. The number of aromatic nitrogens is 2. The van der Waals surface area contributed by atoms with Crippen LogP contribution in [0.3, 0.4) is 0 Å². The summed E-state index contributed by atoms with van der Waals surface area (Å²) in [5.41, 5.74) is 0. The first-order chi connectivity index (χ1) is 8.58. The summed E-state index contributed by atoms with van der Waals surface area (Å²) in [6.45, 7) is 9.21. The third kappa shape index (κ3) is 4.14. The molecule has 0 saturated carbocycles. The molecule has 1 aromatic rings. The molecule has 0 aromatic carbocycles. The second kappa shape index (κ2) is 7.16. The highest BCUT2D eigenvalue weighted by Gasteiger charge is 2.15. The van der Waals surface area contributed by atoms with Gasteiger partial charge in [0.15, 0.2) is 0 Å². The number of nitrogens with one attached hydrogen (secondary N) is 1. The highest BCUT2D eigenvalue weighted by atomic mass is 15.3. The Morgan fingerprint density at radius 3 is 2.56 bits per heavy atom. The van der Waals surface area contributed by atoms with Crippen LogP contribution in [0.1, 0.15) is 20.8 Å². The molecule has 1 unspecified atom stereocenters. The lowest BCUT2D eigenvalue weighted by Gasteiger charge is -2.31. The van der Waals surface area contributed by atoms with Crippen molar-refractivity contribution >= 4 is 11.6 Å². The van der Waals surface area contributed by atoms with Gasteiger partial charge in [-0.15, -0.1) is 0 Å². The predicted octanol–water partition coefficient (Wildman–Crippen LogP) is 1.68. The summed E-state index contributed by atoms with van der Waals surface area (Å²) in [5, 5.41) is 3.20. The third-order valence-electron chi connectivity index (χ3n) is 2.78. The average molecular weight is 251 g/mol. The molecule has 18 heavy (non-hydrogen) atoms. The van der Waals surface area contributed by atoms with E-state index in [1.807, 2.05) is 6.20 Å². The first-order valence-corrected chi connectivity index (χ1v) is 6.55. The summed E-state index contributed by atoms with van der Waals surface area (Å²) in [4.78, 5) is 13.3. The first kappa shape index (κ1) is 14.7. The van der Waals surface area contributed by atoms with Gasteiger partial charge in [-0.2, -0.15) is 0 Å². The Hall–Kier alpha value is -1.36. The molecule has 1 aromatic heterocycles. The van der Waals surface area contributed by atoms with Gasteiger partial charge in [0.2, 0.25) is 0 Å². The molecule has 0 saturated heterocycles. The van der Waals surface area contributed by atoms with Crippen molar-refractivity contribution in [1.82, 2.24) is 14.9 Å². The van der Waals surface area contributed by atoms with E-state index < -0.39 is 0 Å². The molecule has 5 nitrogen and oxygen atoms in total. The standard InChI is InChI=1S/C13H25N5/c1-6-15-12-8-14-9-13(16-12)18(7-2)11(3)10-17(4)5/h8-9,11H,6-7,10H2,1-5H3,(H,15,16). The zero-order valence-electron chi connectivity index (χ0n) is 12.1. The van der Waals surface area contributed by atoms with E-state index in [0.29, 0.717) is 6.04 Å². The molecular weight excluding hydrogens is 226 g/mol. The van der Waals surface area contributed by atoms with Gasteiger partial charge in [0.1, 0.15) is 11.6 Å². The maximum Gasteiger partial charge on any atom is 0.149 e. The van der Waals surface area contributed by atoms with Crippen molar-refractivity contribution < 1.29 is 0 Å². The van der Waals surface area contributed by atoms with Crippen molar-refractivity contribution in [3.05, 3.63) is 12.4 Å². The summed E-state index contributed by atoms with van der Waals surface area (Å²) >= 11 is 0. The van der Waals surface area contributed by atoms with E-state index >= 15 is 0 Å². The van der Waals surface area contributed by atoms with Crippen molar-refractivity contribution in [2.24, 2.45) is 0 Å². The smallest absolute Gasteiger partial charge is 0.149 e. The second-order valence-electron chi connectivity index (χ2n) is 4.69. The van der Waals surface area contributed by atoms with Crippen molar-refractivity contribution in [1.29, 1.82) is 0 Å². The van der Waals surface area contributed by atoms with Crippen LogP contribution in [0, 0.1) is 0 Å². The van der Waals surface area contributed by atoms with E-state index in [2.05, 4.69) is 60.0 Å². The summed E-state index contributed by atoms with van der Waals surface area (Å²) < 4.78 is 0. The number of rotatable bonds is 7. The number of hydrogen-bond acceptors (Lipinski definition) is 5. The molecule has 0 aliphatic carbocycles. The molecule has 0 bridgehead atoms. The molecule has 1 N–H and O–H groups in total. The van der Waals surface area contributed by atoms with Gasteiger partial charge in [-0.3, -0.25) is 4.98 Å². The lowest BCUT2D eigenvalue weighted by atomic mass is 10.2. The lowest BCUT2D eigenvalue weighted by molar-refractivity contribution is 0.372. The van der Waals surface area contributed by atoms with Gasteiger partial charge >= 0.3 is 0 Å². The van der Waals surface area contributed by atoms with Gasteiger partial charge < -0.3 is 15.1 Å². The van der Waals surface area contributed by atoms with Crippen LogP contribution in [-0.2, 0) is 0 Å². The lowest BCUT2D eigenvalue weighted by Crippen LogP contribution is -2.40. The van der Waals surface area contributed by atoms with Crippen LogP contribution in [0.5, 0.6) is 0 Å². The third-order valence-corrected chi connectivity index (χ3v) is 2.78. The summed E-state index contributed by atoms with van der Waals surface area (Å²) in [6.07, 6.45) is 3.59. The minimum absolute atomic E-state index is 0.413. The van der Waals surface area contributed by atoms with E-state index in [1.54, 1.807) is 6.20 Å². The van der Waals surface area contributed by atoms with Crippen molar-refractivity contribution in [2.75, 3.05) is 43.9 Å². The number of anilines is 2. The molecule has 0 spiro atoms.